The van der Waals surface area contributed by atoms with Gasteiger partial charge in [0.1, 0.15) is 11.7 Å². The van der Waals surface area contributed by atoms with Crippen molar-refractivity contribution >= 4 is 16.7 Å². The Balaban J connectivity index is 1.74. The van der Waals surface area contributed by atoms with Gasteiger partial charge in [0.25, 0.3) is 5.91 Å². The molecule has 1 aliphatic heterocycles. The number of aromatic nitrogens is 3. The maximum atomic E-state index is 13.2. The zero-order valence-corrected chi connectivity index (χ0v) is 14.0. The number of aryl methyl sites for hydroxylation is 1. The van der Waals surface area contributed by atoms with Gasteiger partial charge in [-0.25, -0.2) is 0 Å². The van der Waals surface area contributed by atoms with Crippen molar-refractivity contribution in [1.29, 1.82) is 0 Å². The summed E-state index contributed by atoms with van der Waals surface area (Å²) in [6.45, 7) is 2.22. The Morgan fingerprint density at radius 2 is 2.16 bits per heavy atom. The molecule has 0 bridgehead atoms. The lowest BCUT2D eigenvalue weighted by Crippen LogP contribution is -2.33. The van der Waals surface area contributed by atoms with Crippen LogP contribution >= 0.6 is 0 Å². The van der Waals surface area contributed by atoms with E-state index in [9.17, 15) is 4.79 Å². The van der Waals surface area contributed by atoms with E-state index in [-0.39, 0.29) is 18.1 Å². The molecule has 1 aromatic carbocycles. The number of fused-ring (bicyclic) bond motifs is 1. The highest BCUT2D eigenvalue weighted by molar-refractivity contribution is 6.05. The number of ether oxygens (including phenoxy) is 1. The van der Waals surface area contributed by atoms with E-state index in [1.807, 2.05) is 30.3 Å². The van der Waals surface area contributed by atoms with Crippen LogP contribution in [0.1, 0.15) is 34.7 Å². The number of carbonyl (C=O) groups is 1. The van der Waals surface area contributed by atoms with Gasteiger partial charge >= 0.3 is 0 Å². The predicted molar refractivity (Wildman–Crippen MR) is 90.0 cm³/mol. The Hall–Kier alpha value is -2.80. The Morgan fingerprint density at radius 1 is 1.32 bits per heavy atom. The van der Waals surface area contributed by atoms with E-state index in [1.165, 1.54) is 0 Å². The topological polar surface area (TPSA) is 81.4 Å². The summed E-state index contributed by atoms with van der Waals surface area (Å²) in [6.07, 6.45) is 2.20. The van der Waals surface area contributed by atoms with E-state index >= 15 is 0 Å². The molecule has 7 heteroatoms. The summed E-state index contributed by atoms with van der Waals surface area (Å²) >= 11 is 0. The van der Waals surface area contributed by atoms with Crippen molar-refractivity contribution in [3.05, 3.63) is 53.9 Å². The lowest BCUT2D eigenvalue weighted by Gasteiger charge is -2.21. The zero-order chi connectivity index (χ0) is 17.4. The number of carbonyl (C=O) groups excluding carboxylic acids is 1. The molecule has 3 heterocycles. The molecular formula is C18H18N4O3. The molecule has 7 nitrogen and oxygen atoms in total. The van der Waals surface area contributed by atoms with Crippen LogP contribution in [0.2, 0.25) is 0 Å². The van der Waals surface area contributed by atoms with Gasteiger partial charge in [0.05, 0.1) is 6.10 Å². The summed E-state index contributed by atoms with van der Waals surface area (Å²) in [4.78, 5) is 23.6. The lowest BCUT2D eigenvalue weighted by molar-refractivity contribution is 0.0667. The highest BCUT2D eigenvalue weighted by Crippen LogP contribution is 2.34. The second-order valence-electron chi connectivity index (χ2n) is 6.13. The molecule has 2 aromatic heterocycles. The molecule has 0 N–H and O–H groups in total. The second-order valence-corrected chi connectivity index (χ2v) is 6.13. The van der Waals surface area contributed by atoms with Gasteiger partial charge in [-0.1, -0.05) is 29.4 Å². The number of likely N-dealkylation sites (tertiary alicyclic amines) is 1. The number of hydrogen-bond donors (Lipinski definition) is 0. The SMILES string of the molecule is CO[C@@H]1C[C@H](c2nc(C)no2)N(C(=O)c2nccc3ccccc23)C1. The summed E-state index contributed by atoms with van der Waals surface area (Å²) in [5.41, 5.74) is 0.427. The largest absolute Gasteiger partial charge is 0.380 e. The fourth-order valence-electron chi connectivity index (χ4n) is 3.30. The van der Waals surface area contributed by atoms with E-state index in [0.29, 0.717) is 30.4 Å². The molecule has 0 spiro atoms. The maximum absolute atomic E-state index is 13.2. The van der Waals surface area contributed by atoms with Gasteiger partial charge < -0.3 is 14.2 Å². The smallest absolute Gasteiger partial charge is 0.273 e. The second kappa shape index (κ2) is 6.25. The van der Waals surface area contributed by atoms with E-state index < -0.39 is 0 Å². The number of hydrogen-bond acceptors (Lipinski definition) is 6. The summed E-state index contributed by atoms with van der Waals surface area (Å²) in [7, 11) is 1.64. The minimum atomic E-state index is -0.306. The molecule has 4 rings (SSSR count). The van der Waals surface area contributed by atoms with Gasteiger partial charge in [0.15, 0.2) is 5.82 Å². The average molecular weight is 338 g/mol. The molecule has 1 aliphatic rings. The third-order valence-corrected chi connectivity index (χ3v) is 4.56. The Kier molecular flexibility index (Phi) is 3.93. The summed E-state index contributed by atoms with van der Waals surface area (Å²) in [5, 5.41) is 5.66. The molecule has 0 unspecified atom stereocenters. The molecule has 1 saturated heterocycles. The highest BCUT2D eigenvalue weighted by Gasteiger charge is 2.40. The first kappa shape index (κ1) is 15.7. The van der Waals surface area contributed by atoms with Gasteiger partial charge in [-0.05, 0) is 18.4 Å². The van der Waals surface area contributed by atoms with E-state index in [2.05, 4.69) is 15.1 Å². The van der Waals surface area contributed by atoms with Crippen LogP contribution in [0.5, 0.6) is 0 Å². The average Bonchev–Trinajstić information content (AvgIpc) is 3.26. The van der Waals surface area contributed by atoms with Crippen LogP contribution in [0.3, 0.4) is 0 Å². The van der Waals surface area contributed by atoms with Crippen LogP contribution in [0.4, 0.5) is 0 Å². The van der Waals surface area contributed by atoms with Crippen molar-refractivity contribution in [3.8, 4) is 0 Å². The first-order valence-electron chi connectivity index (χ1n) is 8.15. The first-order chi connectivity index (χ1) is 12.2. The third kappa shape index (κ3) is 2.76. The van der Waals surface area contributed by atoms with Crippen molar-refractivity contribution < 1.29 is 14.1 Å². The molecule has 3 aromatic rings. The predicted octanol–water partition coefficient (Wildman–Crippen LogP) is 2.53. The Bertz CT molecular complexity index is 918. The van der Waals surface area contributed by atoms with Gasteiger partial charge in [-0.3, -0.25) is 9.78 Å². The Labute approximate surface area is 144 Å². The summed E-state index contributed by atoms with van der Waals surface area (Å²) < 4.78 is 10.8. The van der Waals surface area contributed by atoms with Crippen LogP contribution in [-0.2, 0) is 4.74 Å². The number of amides is 1. The standard InChI is InChI=1S/C18H18N4O3/c1-11-20-17(25-21-11)15-9-13(24-2)10-22(15)18(23)16-14-6-4-3-5-12(14)7-8-19-16/h3-8,13,15H,9-10H2,1-2H3/t13-,15-/m1/s1. The first-order valence-corrected chi connectivity index (χ1v) is 8.15. The van der Waals surface area contributed by atoms with Crippen molar-refractivity contribution in [3.63, 3.8) is 0 Å². The molecule has 0 saturated carbocycles. The molecule has 0 radical (unpaired) electrons. The van der Waals surface area contributed by atoms with Gasteiger partial charge in [-0.15, -0.1) is 0 Å². The monoisotopic (exact) mass is 338 g/mol. The van der Waals surface area contributed by atoms with Crippen LogP contribution in [-0.4, -0.2) is 45.7 Å². The van der Waals surface area contributed by atoms with Crippen molar-refractivity contribution in [2.24, 2.45) is 0 Å². The highest BCUT2D eigenvalue weighted by atomic mass is 16.5. The quantitative estimate of drug-likeness (QED) is 0.730. The molecule has 128 valence electrons. The third-order valence-electron chi connectivity index (χ3n) is 4.56. The van der Waals surface area contributed by atoms with Crippen LogP contribution < -0.4 is 0 Å². The molecule has 25 heavy (non-hydrogen) atoms. The van der Waals surface area contributed by atoms with E-state index in [1.54, 1.807) is 25.1 Å². The van der Waals surface area contributed by atoms with Crippen LogP contribution in [0.25, 0.3) is 10.8 Å². The number of pyridine rings is 1. The van der Waals surface area contributed by atoms with Crippen molar-refractivity contribution in [2.75, 3.05) is 13.7 Å². The van der Waals surface area contributed by atoms with Crippen molar-refractivity contribution in [2.45, 2.75) is 25.5 Å². The number of benzene rings is 1. The fraction of sp³-hybridized carbons (Fsp3) is 0.333. The number of rotatable bonds is 3. The van der Waals surface area contributed by atoms with Crippen LogP contribution in [0, 0.1) is 6.92 Å². The van der Waals surface area contributed by atoms with Crippen molar-refractivity contribution in [1.82, 2.24) is 20.0 Å². The maximum Gasteiger partial charge on any atom is 0.273 e. The minimum Gasteiger partial charge on any atom is -0.380 e. The molecule has 2 atom stereocenters. The molecule has 1 amide bonds. The number of nitrogens with zero attached hydrogens (tertiary/aromatic N) is 4. The van der Waals surface area contributed by atoms with E-state index in [0.717, 1.165) is 10.8 Å². The summed E-state index contributed by atoms with van der Waals surface area (Å²) in [5.74, 6) is 0.828. The summed E-state index contributed by atoms with van der Waals surface area (Å²) in [6, 6.07) is 9.31. The molecule has 1 fully saturated rings. The Morgan fingerprint density at radius 3 is 2.92 bits per heavy atom. The minimum absolute atomic E-state index is 0.0730. The van der Waals surface area contributed by atoms with Gasteiger partial charge in [0, 0.05) is 31.7 Å². The van der Waals surface area contributed by atoms with E-state index in [4.69, 9.17) is 9.26 Å². The van der Waals surface area contributed by atoms with Gasteiger partial charge in [-0.2, -0.15) is 4.98 Å². The normalized spacial score (nSPS) is 20.3. The van der Waals surface area contributed by atoms with Crippen LogP contribution in [0.15, 0.2) is 41.1 Å². The van der Waals surface area contributed by atoms with Gasteiger partial charge in [0.2, 0.25) is 5.89 Å². The lowest BCUT2D eigenvalue weighted by atomic mass is 10.1. The number of methoxy groups -OCH3 is 1. The zero-order valence-electron chi connectivity index (χ0n) is 14.0. The molecule has 0 aliphatic carbocycles. The fourth-order valence-corrected chi connectivity index (χ4v) is 3.30. The molecular weight excluding hydrogens is 320 g/mol.